The minimum atomic E-state index is 0.194. The number of hydrogen-bond donors (Lipinski definition) is 1. The maximum Gasteiger partial charge on any atom is 0.123 e. The van der Waals surface area contributed by atoms with Crippen molar-refractivity contribution >= 4 is 23.2 Å². The number of ether oxygens (including phenoxy) is 1. The lowest BCUT2D eigenvalue weighted by atomic mass is 10.2. The van der Waals surface area contributed by atoms with Gasteiger partial charge in [0.25, 0.3) is 0 Å². The first-order valence-corrected chi connectivity index (χ1v) is 6.17. The minimum Gasteiger partial charge on any atom is -0.508 e. The maximum absolute atomic E-state index is 9.45. The van der Waals surface area contributed by atoms with E-state index in [2.05, 4.69) is 0 Å². The SMILES string of the molecule is Cc1cc(O)cc(OCc2ccc(Cl)c(Cl)c2)c1. The molecule has 0 aliphatic heterocycles. The van der Waals surface area contributed by atoms with E-state index in [-0.39, 0.29) is 5.75 Å². The Bertz CT molecular complexity index is 547. The van der Waals surface area contributed by atoms with Gasteiger partial charge in [0.15, 0.2) is 0 Å². The van der Waals surface area contributed by atoms with E-state index < -0.39 is 0 Å². The molecule has 0 aromatic heterocycles. The van der Waals surface area contributed by atoms with Crippen molar-refractivity contribution in [2.45, 2.75) is 13.5 Å². The van der Waals surface area contributed by atoms with Gasteiger partial charge >= 0.3 is 0 Å². The Kier molecular flexibility index (Phi) is 4.00. The summed E-state index contributed by atoms with van der Waals surface area (Å²) in [7, 11) is 0. The average molecular weight is 283 g/mol. The molecular formula is C14H12Cl2O2. The van der Waals surface area contributed by atoms with E-state index in [9.17, 15) is 5.11 Å². The minimum absolute atomic E-state index is 0.194. The fourth-order valence-electron chi connectivity index (χ4n) is 1.61. The van der Waals surface area contributed by atoms with Crippen molar-refractivity contribution in [2.75, 3.05) is 0 Å². The highest BCUT2D eigenvalue weighted by molar-refractivity contribution is 6.42. The van der Waals surface area contributed by atoms with Crippen LogP contribution in [0.1, 0.15) is 11.1 Å². The molecule has 0 amide bonds. The summed E-state index contributed by atoms with van der Waals surface area (Å²) >= 11 is 11.8. The first-order chi connectivity index (χ1) is 8.54. The van der Waals surface area contributed by atoms with Gasteiger partial charge in [0, 0.05) is 6.07 Å². The second-order valence-corrected chi connectivity index (χ2v) is 4.86. The van der Waals surface area contributed by atoms with E-state index in [1.54, 1.807) is 24.3 Å². The molecule has 18 heavy (non-hydrogen) atoms. The third-order valence-electron chi connectivity index (χ3n) is 2.43. The third-order valence-corrected chi connectivity index (χ3v) is 3.16. The summed E-state index contributed by atoms with van der Waals surface area (Å²) < 4.78 is 5.59. The van der Waals surface area contributed by atoms with Crippen molar-refractivity contribution < 1.29 is 9.84 Å². The number of phenolic OH excluding ortho intramolecular Hbond substituents is 1. The molecule has 1 N–H and O–H groups in total. The van der Waals surface area contributed by atoms with Crippen LogP contribution in [0.15, 0.2) is 36.4 Å². The van der Waals surface area contributed by atoms with Crippen LogP contribution in [-0.2, 0) is 6.61 Å². The molecule has 2 rings (SSSR count). The maximum atomic E-state index is 9.45. The molecule has 0 aliphatic rings. The molecule has 0 spiro atoms. The van der Waals surface area contributed by atoms with Crippen molar-refractivity contribution in [3.63, 3.8) is 0 Å². The van der Waals surface area contributed by atoms with Gasteiger partial charge in [-0.05, 0) is 42.3 Å². The Balaban J connectivity index is 2.08. The van der Waals surface area contributed by atoms with Crippen LogP contribution in [0.25, 0.3) is 0 Å². The Hall–Kier alpha value is -1.38. The fraction of sp³-hybridized carbons (Fsp3) is 0.143. The van der Waals surface area contributed by atoms with Crippen LogP contribution < -0.4 is 4.74 Å². The topological polar surface area (TPSA) is 29.5 Å². The van der Waals surface area contributed by atoms with Crippen molar-refractivity contribution in [3.05, 3.63) is 57.6 Å². The van der Waals surface area contributed by atoms with E-state index in [1.165, 1.54) is 0 Å². The van der Waals surface area contributed by atoms with Crippen LogP contribution in [0, 0.1) is 6.92 Å². The van der Waals surface area contributed by atoms with E-state index >= 15 is 0 Å². The van der Waals surface area contributed by atoms with Crippen LogP contribution >= 0.6 is 23.2 Å². The normalized spacial score (nSPS) is 10.4. The fourth-order valence-corrected chi connectivity index (χ4v) is 1.93. The van der Waals surface area contributed by atoms with E-state index in [0.29, 0.717) is 22.4 Å². The number of aryl methyl sites for hydroxylation is 1. The van der Waals surface area contributed by atoms with Crippen molar-refractivity contribution in [1.82, 2.24) is 0 Å². The van der Waals surface area contributed by atoms with Gasteiger partial charge in [0.05, 0.1) is 10.0 Å². The summed E-state index contributed by atoms with van der Waals surface area (Å²) in [5.74, 6) is 0.817. The molecule has 0 fully saturated rings. The lowest BCUT2D eigenvalue weighted by Crippen LogP contribution is -1.95. The third kappa shape index (κ3) is 3.31. The average Bonchev–Trinajstić information content (AvgIpc) is 2.29. The molecule has 2 aromatic rings. The lowest BCUT2D eigenvalue weighted by Gasteiger charge is -2.08. The zero-order valence-electron chi connectivity index (χ0n) is 9.78. The summed E-state index contributed by atoms with van der Waals surface area (Å²) in [5.41, 5.74) is 1.87. The largest absolute Gasteiger partial charge is 0.508 e. The van der Waals surface area contributed by atoms with Gasteiger partial charge in [0.2, 0.25) is 0 Å². The van der Waals surface area contributed by atoms with Gasteiger partial charge in [-0.25, -0.2) is 0 Å². The number of aromatic hydroxyl groups is 1. The summed E-state index contributed by atoms with van der Waals surface area (Å²) in [4.78, 5) is 0. The smallest absolute Gasteiger partial charge is 0.123 e. The van der Waals surface area contributed by atoms with Crippen molar-refractivity contribution in [1.29, 1.82) is 0 Å². The molecule has 94 valence electrons. The van der Waals surface area contributed by atoms with E-state index in [4.69, 9.17) is 27.9 Å². The molecule has 0 heterocycles. The highest BCUT2D eigenvalue weighted by Gasteiger charge is 2.02. The van der Waals surface area contributed by atoms with Crippen LogP contribution in [0.5, 0.6) is 11.5 Å². The van der Waals surface area contributed by atoms with Crippen molar-refractivity contribution in [2.24, 2.45) is 0 Å². The number of rotatable bonds is 3. The van der Waals surface area contributed by atoms with Crippen molar-refractivity contribution in [3.8, 4) is 11.5 Å². The number of benzene rings is 2. The summed E-state index contributed by atoms with van der Waals surface area (Å²) in [5, 5.41) is 10.5. The van der Waals surface area contributed by atoms with E-state index in [0.717, 1.165) is 11.1 Å². The Morgan fingerprint density at radius 3 is 2.50 bits per heavy atom. The summed E-state index contributed by atoms with van der Waals surface area (Å²) in [6.45, 7) is 2.27. The van der Waals surface area contributed by atoms with Gasteiger partial charge in [-0.3, -0.25) is 0 Å². The zero-order valence-corrected chi connectivity index (χ0v) is 11.3. The molecule has 0 aliphatic carbocycles. The standard InChI is InChI=1S/C14H12Cl2O2/c1-9-4-11(17)7-12(5-9)18-8-10-2-3-13(15)14(16)6-10/h2-7,17H,8H2,1H3. The molecule has 0 saturated heterocycles. The molecule has 2 nitrogen and oxygen atoms in total. The van der Waals surface area contributed by atoms with Gasteiger partial charge < -0.3 is 9.84 Å². The predicted molar refractivity (Wildman–Crippen MR) is 73.6 cm³/mol. The predicted octanol–water partition coefficient (Wildman–Crippen LogP) is 4.59. The van der Waals surface area contributed by atoms with Crippen LogP contribution in [0.4, 0.5) is 0 Å². The number of halogens is 2. The molecule has 4 heteroatoms. The highest BCUT2D eigenvalue weighted by atomic mass is 35.5. The molecule has 0 bridgehead atoms. The molecular weight excluding hydrogens is 271 g/mol. The molecule has 0 saturated carbocycles. The molecule has 2 aromatic carbocycles. The van der Waals surface area contributed by atoms with Gasteiger partial charge in [-0.2, -0.15) is 0 Å². The first kappa shape index (κ1) is 13.1. The lowest BCUT2D eigenvalue weighted by molar-refractivity contribution is 0.304. The number of hydrogen-bond acceptors (Lipinski definition) is 2. The highest BCUT2D eigenvalue weighted by Crippen LogP contribution is 2.25. The monoisotopic (exact) mass is 282 g/mol. The number of phenols is 1. The summed E-state index contributed by atoms with van der Waals surface area (Å²) in [6, 6.07) is 10.5. The quantitative estimate of drug-likeness (QED) is 0.893. The Labute approximate surface area is 116 Å². The summed E-state index contributed by atoms with van der Waals surface area (Å²) in [6.07, 6.45) is 0. The van der Waals surface area contributed by atoms with Gasteiger partial charge in [-0.1, -0.05) is 29.3 Å². The van der Waals surface area contributed by atoms with Gasteiger partial charge in [0.1, 0.15) is 18.1 Å². The second kappa shape index (κ2) is 5.51. The van der Waals surface area contributed by atoms with Crippen LogP contribution in [0.3, 0.4) is 0 Å². The Morgan fingerprint density at radius 2 is 1.83 bits per heavy atom. The molecule has 0 radical (unpaired) electrons. The molecule has 0 unspecified atom stereocenters. The van der Waals surface area contributed by atoms with Crippen LogP contribution in [-0.4, -0.2) is 5.11 Å². The first-order valence-electron chi connectivity index (χ1n) is 5.42. The van der Waals surface area contributed by atoms with E-state index in [1.807, 2.05) is 19.1 Å². The van der Waals surface area contributed by atoms with Gasteiger partial charge in [-0.15, -0.1) is 0 Å². The second-order valence-electron chi connectivity index (χ2n) is 4.04. The Morgan fingerprint density at radius 1 is 1.06 bits per heavy atom. The molecule has 0 atom stereocenters. The van der Waals surface area contributed by atoms with Crippen LogP contribution in [0.2, 0.25) is 10.0 Å². The zero-order chi connectivity index (χ0) is 13.1.